The maximum atomic E-state index is 4.45. The van der Waals surface area contributed by atoms with E-state index in [1.54, 1.807) is 12.4 Å². The van der Waals surface area contributed by atoms with Crippen molar-refractivity contribution in [2.45, 2.75) is 25.7 Å². The van der Waals surface area contributed by atoms with E-state index in [-0.39, 0.29) is 0 Å². The fourth-order valence-electron chi connectivity index (χ4n) is 3.08. The molecule has 3 heteroatoms. The summed E-state index contributed by atoms with van der Waals surface area (Å²) >= 11 is 0. The highest BCUT2D eigenvalue weighted by molar-refractivity contribution is 5.87. The first-order valence-electron chi connectivity index (χ1n) is 7.51. The lowest BCUT2D eigenvalue weighted by Gasteiger charge is -2.15. The van der Waals surface area contributed by atoms with Crippen LogP contribution in [-0.2, 0) is 0 Å². The highest BCUT2D eigenvalue weighted by Gasteiger charge is 2.16. The Kier molecular flexibility index (Phi) is 3.03. The predicted octanol–water partition coefficient (Wildman–Crippen LogP) is 4.38. The van der Waals surface area contributed by atoms with Crippen molar-refractivity contribution in [3.8, 4) is 5.95 Å². The van der Waals surface area contributed by atoms with Crippen LogP contribution in [-0.4, -0.2) is 14.5 Å². The van der Waals surface area contributed by atoms with E-state index < -0.39 is 0 Å². The van der Waals surface area contributed by atoms with Gasteiger partial charge in [0.2, 0.25) is 5.95 Å². The summed E-state index contributed by atoms with van der Waals surface area (Å²) in [5, 5.41) is 1.24. The van der Waals surface area contributed by atoms with E-state index in [9.17, 15) is 0 Å². The number of hydrogen-bond donors (Lipinski definition) is 0. The van der Waals surface area contributed by atoms with Gasteiger partial charge in [0.05, 0.1) is 11.2 Å². The van der Waals surface area contributed by atoms with Crippen molar-refractivity contribution in [1.82, 2.24) is 14.5 Å². The standard InChI is InChI=1S/C18H17N3/c1-2-7-14(8-3-1)17-13-15-9-4-5-10-16(15)21(17)18-19-11-6-12-20-18/h4-7,9-13H,1-3,8H2. The molecule has 1 aliphatic carbocycles. The van der Waals surface area contributed by atoms with E-state index in [1.807, 2.05) is 6.07 Å². The smallest absolute Gasteiger partial charge is 0.234 e. The molecule has 0 fully saturated rings. The second-order valence-electron chi connectivity index (χ2n) is 5.45. The van der Waals surface area contributed by atoms with Gasteiger partial charge in [-0.3, -0.25) is 4.57 Å². The van der Waals surface area contributed by atoms with Crippen LogP contribution in [0.5, 0.6) is 0 Å². The molecule has 1 aromatic carbocycles. The van der Waals surface area contributed by atoms with Crippen molar-refractivity contribution in [3.63, 3.8) is 0 Å². The molecule has 0 atom stereocenters. The molecule has 2 heterocycles. The molecule has 0 N–H and O–H groups in total. The molecule has 2 aromatic heterocycles. The Morgan fingerprint density at radius 3 is 2.62 bits per heavy atom. The van der Waals surface area contributed by atoms with Gasteiger partial charge >= 0.3 is 0 Å². The maximum absolute atomic E-state index is 4.45. The SMILES string of the molecule is C1=C(c2cc3ccccc3n2-c2ncccn2)CCCC1. The minimum atomic E-state index is 0.750. The number of benzene rings is 1. The first-order valence-corrected chi connectivity index (χ1v) is 7.51. The molecule has 104 valence electrons. The lowest BCUT2D eigenvalue weighted by molar-refractivity contribution is 0.737. The number of allylic oxidation sites excluding steroid dienone is 2. The average Bonchev–Trinajstić information content (AvgIpc) is 2.96. The van der Waals surface area contributed by atoms with Gasteiger partial charge in [-0.1, -0.05) is 24.3 Å². The Bertz CT molecular complexity index is 800. The van der Waals surface area contributed by atoms with Crippen molar-refractivity contribution in [2.75, 3.05) is 0 Å². The van der Waals surface area contributed by atoms with Crippen LogP contribution in [0.15, 0.2) is 54.9 Å². The van der Waals surface area contributed by atoms with Crippen LogP contribution < -0.4 is 0 Å². The van der Waals surface area contributed by atoms with Crippen molar-refractivity contribution in [2.24, 2.45) is 0 Å². The first-order chi connectivity index (χ1) is 10.4. The molecule has 4 rings (SSSR count). The fraction of sp³-hybridized carbons (Fsp3) is 0.222. The molecule has 0 saturated heterocycles. The zero-order valence-corrected chi connectivity index (χ0v) is 11.9. The molecule has 1 aliphatic rings. The lowest BCUT2D eigenvalue weighted by Crippen LogP contribution is -2.05. The van der Waals surface area contributed by atoms with Crippen LogP contribution in [0.2, 0.25) is 0 Å². The van der Waals surface area contributed by atoms with Crippen molar-refractivity contribution in [3.05, 3.63) is 60.6 Å². The van der Waals surface area contributed by atoms with Crippen LogP contribution >= 0.6 is 0 Å². The Hall–Kier alpha value is -2.42. The lowest BCUT2D eigenvalue weighted by atomic mass is 9.97. The third kappa shape index (κ3) is 2.15. The molecule has 3 aromatic rings. The normalized spacial score (nSPS) is 15.1. The van der Waals surface area contributed by atoms with Crippen molar-refractivity contribution < 1.29 is 0 Å². The molecule has 0 unspecified atom stereocenters. The van der Waals surface area contributed by atoms with Crippen LogP contribution in [0, 0.1) is 0 Å². The van der Waals surface area contributed by atoms with Crippen molar-refractivity contribution in [1.29, 1.82) is 0 Å². The molecule has 0 radical (unpaired) electrons. The molecule has 0 bridgehead atoms. The third-order valence-electron chi connectivity index (χ3n) is 4.08. The minimum absolute atomic E-state index is 0.750. The van der Waals surface area contributed by atoms with Gasteiger partial charge in [0, 0.05) is 17.8 Å². The summed E-state index contributed by atoms with van der Waals surface area (Å²) in [6.45, 7) is 0. The van der Waals surface area contributed by atoms with Crippen LogP contribution in [0.25, 0.3) is 22.4 Å². The van der Waals surface area contributed by atoms with E-state index in [4.69, 9.17) is 0 Å². The molecule has 0 saturated carbocycles. The molecular formula is C18H17N3. The molecule has 0 aliphatic heterocycles. The number of para-hydroxylation sites is 1. The predicted molar refractivity (Wildman–Crippen MR) is 85.3 cm³/mol. The van der Waals surface area contributed by atoms with Gasteiger partial charge in [-0.05, 0) is 49.5 Å². The van der Waals surface area contributed by atoms with Crippen LogP contribution in [0.3, 0.4) is 0 Å². The second kappa shape index (κ2) is 5.17. The van der Waals surface area contributed by atoms with Gasteiger partial charge in [-0.2, -0.15) is 0 Å². The monoisotopic (exact) mass is 275 g/mol. The van der Waals surface area contributed by atoms with Gasteiger partial charge < -0.3 is 0 Å². The topological polar surface area (TPSA) is 30.7 Å². The number of hydrogen-bond acceptors (Lipinski definition) is 2. The van der Waals surface area contributed by atoms with E-state index >= 15 is 0 Å². The second-order valence-corrected chi connectivity index (χ2v) is 5.45. The Morgan fingerprint density at radius 2 is 1.81 bits per heavy atom. The summed E-state index contributed by atoms with van der Waals surface area (Å²) in [5.41, 5.74) is 3.83. The van der Waals surface area contributed by atoms with Gasteiger partial charge in [0.1, 0.15) is 0 Å². The van der Waals surface area contributed by atoms with E-state index in [0.29, 0.717) is 0 Å². The first kappa shape index (κ1) is 12.3. The number of fused-ring (bicyclic) bond motifs is 1. The largest absolute Gasteiger partial charge is 0.278 e. The summed E-state index contributed by atoms with van der Waals surface area (Å²) in [6, 6.07) is 12.6. The van der Waals surface area contributed by atoms with Crippen LogP contribution in [0.4, 0.5) is 0 Å². The number of rotatable bonds is 2. The summed E-state index contributed by atoms with van der Waals surface area (Å²) in [5.74, 6) is 0.750. The number of aromatic nitrogens is 3. The van der Waals surface area contributed by atoms with E-state index in [2.05, 4.69) is 50.9 Å². The Balaban J connectivity index is 1.99. The van der Waals surface area contributed by atoms with E-state index in [1.165, 1.54) is 41.4 Å². The van der Waals surface area contributed by atoms with Crippen molar-refractivity contribution >= 4 is 16.5 Å². The highest BCUT2D eigenvalue weighted by atomic mass is 15.2. The van der Waals surface area contributed by atoms with Gasteiger partial charge in [-0.15, -0.1) is 0 Å². The average molecular weight is 275 g/mol. The van der Waals surface area contributed by atoms with Crippen LogP contribution in [0.1, 0.15) is 31.4 Å². The Labute approximate surface area is 124 Å². The summed E-state index contributed by atoms with van der Waals surface area (Å²) in [7, 11) is 0. The van der Waals surface area contributed by atoms with Gasteiger partial charge in [0.25, 0.3) is 0 Å². The zero-order valence-electron chi connectivity index (χ0n) is 11.9. The zero-order chi connectivity index (χ0) is 14.1. The van der Waals surface area contributed by atoms with Gasteiger partial charge in [0.15, 0.2) is 0 Å². The molecular weight excluding hydrogens is 258 g/mol. The fourth-order valence-corrected chi connectivity index (χ4v) is 3.08. The summed E-state index contributed by atoms with van der Waals surface area (Å²) in [4.78, 5) is 8.90. The highest BCUT2D eigenvalue weighted by Crippen LogP contribution is 2.32. The maximum Gasteiger partial charge on any atom is 0.234 e. The molecule has 21 heavy (non-hydrogen) atoms. The minimum Gasteiger partial charge on any atom is -0.278 e. The third-order valence-corrected chi connectivity index (χ3v) is 4.08. The summed E-state index contributed by atoms with van der Waals surface area (Å²) < 4.78 is 2.19. The van der Waals surface area contributed by atoms with E-state index in [0.717, 1.165) is 12.4 Å². The summed E-state index contributed by atoms with van der Waals surface area (Å²) in [6.07, 6.45) is 10.9. The van der Waals surface area contributed by atoms with Gasteiger partial charge in [-0.25, -0.2) is 9.97 Å². The molecule has 0 amide bonds. The molecule has 3 nitrogen and oxygen atoms in total. The number of nitrogens with zero attached hydrogens (tertiary/aromatic N) is 3. The molecule has 0 spiro atoms. The quantitative estimate of drug-likeness (QED) is 0.695. The Morgan fingerprint density at radius 1 is 0.952 bits per heavy atom.